The van der Waals surface area contributed by atoms with Crippen LogP contribution in [-0.2, 0) is 23.7 Å². The lowest BCUT2D eigenvalue weighted by Crippen LogP contribution is -2.14. The van der Waals surface area contributed by atoms with E-state index in [1.807, 2.05) is 6.92 Å². The fraction of sp³-hybridized carbons (Fsp3) is 0.350. The number of carbonyl (C=O) groups is 1. The van der Waals surface area contributed by atoms with E-state index in [-0.39, 0.29) is 29.9 Å². The quantitative estimate of drug-likeness (QED) is 0.546. The van der Waals surface area contributed by atoms with Crippen LogP contribution in [0, 0.1) is 6.92 Å². The van der Waals surface area contributed by atoms with Crippen molar-refractivity contribution >= 4 is 23.2 Å². The Labute approximate surface area is 177 Å². The Morgan fingerprint density at radius 1 is 1.19 bits per heavy atom. The second-order valence-corrected chi connectivity index (χ2v) is 6.84. The van der Waals surface area contributed by atoms with Crippen LogP contribution in [0.1, 0.15) is 43.9 Å². The molecule has 164 valence electrons. The van der Waals surface area contributed by atoms with Crippen LogP contribution in [0.3, 0.4) is 0 Å². The van der Waals surface area contributed by atoms with E-state index in [0.717, 1.165) is 12.7 Å². The first-order chi connectivity index (χ1) is 14.6. The van der Waals surface area contributed by atoms with E-state index in [0.29, 0.717) is 23.7 Å². The Kier molecular flexibility index (Phi) is 6.42. The highest BCUT2D eigenvalue weighted by molar-refractivity contribution is 5.88. The van der Waals surface area contributed by atoms with E-state index in [9.17, 15) is 13.6 Å². The monoisotopic (exact) mass is 432 g/mol. The van der Waals surface area contributed by atoms with E-state index >= 15 is 0 Å². The molecule has 0 unspecified atom stereocenters. The number of rotatable bonds is 8. The van der Waals surface area contributed by atoms with Crippen molar-refractivity contribution in [2.75, 3.05) is 10.6 Å². The molecule has 0 bridgehead atoms. The summed E-state index contributed by atoms with van der Waals surface area (Å²) in [5, 5.41) is 5.50. The van der Waals surface area contributed by atoms with Gasteiger partial charge in [0.1, 0.15) is 17.4 Å². The molecular formula is C20H22F2N6O3. The Morgan fingerprint density at radius 2 is 1.97 bits per heavy atom. The third-order valence-corrected chi connectivity index (χ3v) is 3.98. The first-order valence-electron chi connectivity index (χ1n) is 9.49. The van der Waals surface area contributed by atoms with Crippen LogP contribution in [0.25, 0.3) is 0 Å². The lowest BCUT2D eigenvalue weighted by Gasteiger charge is -2.15. The Hall–Kier alpha value is -3.63. The summed E-state index contributed by atoms with van der Waals surface area (Å²) in [4.78, 5) is 27.3. The maximum absolute atomic E-state index is 13.7. The highest BCUT2D eigenvalue weighted by atomic mass is 19.3. The van der Waals surface area contributed by atoms with Crippen LogP contribution in [0.4, 0.5) is 26.1 Å². The van der Waals surface area contributed by atoms with Crippen molar-refractivity contribution in [2.24, 2.45) is 0 Å². The summed E-state index contributed by atoms with van der Waals surface area (Å²) >= 11 is 0. The van der Waals surface area contributed by atoms with E-state index in [2.05, 4.69) is 30.6 Å². The smallest absolute Gasteiger partial charge is 0.303 e. The SMILES string of the molecule is CCc1cnc(COc2cnc(NC(C)=O)cc2Nc2cc(C)nc(C(C)(F)F)n2)o1. The van der Waals surface area contributed by atoms with Gasteiger partial charge in [-0.05, 0) is 6.92 Å². The van der Waals surface area contributed by atoms with Gasteiger partial charge in [0.2, 0.25) is 17.6 Å². The van der Waals surface area contributed by atoms with Gasteiger partial charge in [-0.1, -0.05) is 6.92 Å². The number of ether oxygens (including phenoxy) is 1. The van der Waals surface area contributed by atoms with Crippen molar-refractivity contribution in [1.82, 2.24) is 19.9 Å². The number of carbonyl (C=O) groups excluding carboxylic acids is 1. The van der Waals surface area contributed by atoms with Crippen molar-refractivity contribution < 1.29 is 22.7 Å². The topological polar surface area (TPSA) is 115 Å². The zero-order valence-electron chi connectivity index (χ0n) is 17.5. The molecular weight excluding hydrogens is 410 g/mol. The molecule has 3 aromatic rings. The standard InChI is InChI=1S/C20H22F2N6O3/c1-5-13-8-24-18(31-13)10-30-15-9-23-16(26-12(3)29)7-14(15)27-17-6-11(2)25-19(28-17)20(4,21)22/h6-9H,5,10H2,1-4H3,(H2,23,25,26,27,28,29). The average Bonchev–Trinajstić information content (AvgIpc) is 3.14. The minimum atomic E-state index is -3.21. The molecule has 0 saturated heterocycles. The molecule has 0 aliphatic heterocycles. The van der Waals surface area contributed by atoms with Gasteiger partial charge in [0.15, 0.2) is 12.4 Å². The normalized spacial score (nSPS) is 11.3. The maximum Gasteiger partial charge on any atom is 0.303 e. The summed E-state index contributed by atoms with van der Waals surface area (Å²) < 4.78 is 38.7. The summed E-state index contributed by atoms with van der Waals surface area (Å²) in [6.07, 6.45) is 3.71. The Bertz CT molecular complexity index is 1080. The predicted octanol–water partition coefficient (Wildman–Crippen LogP) is 4.12. The van der Waals surface area contributed by atoms with Crippen LogP contribution >= 0.6 is 0 Å². The number of hydrogen-bond acceptors (Lipinski definition) is 8. The number of amides is 1. The molecule has 0 aromatic carbocycles. The van der Waals surface area contributed by atoms with E-state index in [4.69, 9.17) is 9.15 Å². The number of oxazole rings is 1. The Morgan fingerprint density at radius 3 is 2.61 bits per heavy atom. The van der Waals surface area contributed by atoms with Crippen molar-refractivity contribution in [3.8, 4) is 5.75 Å². The number of aromatic nitrogens is 4. The summed E-state index contributed by atoms with van der Waals surface area (Å²) in [6, 6.07) is 3.02. The van der Waals surface area contributed by atoms with Crippen LogP contribution in [0.5, 0.6) is 5.75 Å². The predicted molar refractivity (Wildman–Crippen MR) is 108 cm³/mol. The number of halogens is 2. The number of nitrogens with zero attached hydrogens (tertiary/aromatic N) is 4. The third kappa shape index (κ3) is 5.93. The molecule has 3 heterocycles. The van der Waals surface area contributed by atoms with Crippen molar-refractivity contribution in [3.63, 3.8) is 0 Å². The van der Waals surface area contributed by atoms with Gasteiger partial charge < -0.3 is 19.8 Å². The lowest BCUT2D eigenvalue weighted by atomic mass is 10.3. The molecule has 0 saturated carbocycles. The lowest BCUT2D eigenvalue weighted by molar-refractivity contribution is -0.114. The third-order valence-electron chi connectivity index (χ3n) is 3.98. The molecule has 0 aliphatic rings. The summed E-state index contributed by atoms with van der Waals surface area (Å²) in [5.41, 5.74) is 0.712. The first-order valence-corrected chi connectivity index (χ1v) is 9.49. The number of aryl methyl sites for hydroxylation is 2. The van der Waals surface area contributed by atoms with Gasteiger partial charge >= 0.3 is 5.92 Å². The van der Waals surface area contributed by atoms with Gasteiger partial charge in [-0.3, -0.25) is 4.79 Å². The molecule has 31 heavy (non-hydrogen) atoms. The van der Waals surface area contributed by atoms with Crippen molar-refractivity contribution in [1.29, 1.82) is 0 Å². The molecule has 1 amide bonds. The van der Waals surface area contributed by atoms with Crippen molar-refractivity contribution in [3.05, 3.63) is 47.7 Å². The summed E-state index contributed by atoms with van der Waals surface area (Å²) in [6.45, 7) is 5.62. The molecule has 0 radical (unpaired) electrons. The molecule has 9 nitrogen and oxygen atoms in total. The van der Waals surface area contributed by atoms with E-state index in [1.165, 1.54) is 25.3 Å². The number of alkyl halides is 2. The van der Waals surface area contributed by atoms with Crippen LogP contribution in [0.2, 0.25) is 0 Å². The van der Waals surface area contributed by atoms with Gasteiger partial charge in [-0.25, -0.2) is 19.9 Å². The fourth-order valence-corrected chi connectivity index (χ4v) is 2.59. The highest BCUT2D eigenvalue weighted by Gasteiger charge is 2.29. The van der Waals surface area contributed by atoms with E-state index < -0.39 is 11.7 Å². The molecule has 0 fully saturated rings. The van der Waals surface area contributed by atoms with Gasteiger partial charge in [-0.15, -0.1) is 0 Å². The number of nitrogens with one attached hydrogen (secondary N) is 2. The van der Waals surface area contributed by atoms with Gasteiger partial charge in [0, 0.05) is 38.1 Å². The van der Waals surface area contributed by atoms with Crippen LogP contribution in [0.15, 0.2) is 28.9 Å². The number of hydrogen-bond donors (Lipinski definition) is 2. The van der Waals surface area contributed by atoms with Gasteiger partial charge in [-0.2, -0.15) is 8.78 Å². The fourth-order valence-electron chi connectivity index (χ4n) is 2.59. The first kappa shape index (κ1) is 22.1. The minimum absolute atomic E-state index is 0.0247. The van der Waals surface area contributed by atoms with E-state index in [1.54, 1.807) is 13.1 Å². The molecule has 11 heteroatoms. The molecule has 3 aromatic heterocycles. The second-order valence-electron chi connectivity index (χ2n) is 6.84. The molecule has 0 atom stereocenters. The maximum atomic E-state index is 13.7. The van der Waals surface area contributed by atoms with Crippen LogP contribution < -0.4 is 15.4 Å². The number of pyridine rings is 1. The summed E-state index contributed by atoms with van der Waals surface area (Å²) in [5.74, 6) is -2.36. The minimum Gasteiger partial charge on any atom is -0.480 e. The highest BCUT2D eigenvalue weighted by Crippen LogP contribution is 2.31. The molecule has 2 N–H and O–H groups in total. The van der Waals surface area contributed by atoms with Crippen LogP contribution in [-0.4, -0.2) is 25.8 Å². The average molecular weight is 432 g/mol. The zero-order chi connectivity index (χ0) is 22.6. The molecule has 0 aliphatic carbocycles. The number of anilines is 3. The van der Waals surface area contributed by atoms with Crippen molar-refractivity contribution in [2.45, 2.75) is 46.6 Å². The Balaban J connectivity index is 1.90. The molecule has 3 rings (SSSR count). The second kappa shape index (κ2) is 9.02. The molecule has 0 spiro atoms. The summed E-state index contributed by atoms with van der Waals surface area (Å²) in [7, 11) is 0. The largest absolute Gasteiger partial charge is 0.480 e. The van der Waals surface area contributed by atoms with Gasteiger partial charge in [0.05, 0.1) is 18.1 Å². The zero-order valence-corrected chi connectivity index (χ0v) is 17.5. The van der Waals surface area contributed by atoms with Gasteiger partial charge in [0.25, 0.3) is 0 Å².